The molecule has 0 amide bonds. The van der Waals surface area contributed by atoms with Crippen molar-refractivity contribution < 1.29 is 32.2 Å². The lowest BCUT2D eigenvalue weighted by atomic mass is 9.75. The molecular weight excluding hydrogens is 375 g/mol. The standard InChI is InChI=1S/C20H18F3NO4/c1-27-14-9-7-13(8-10-14)24-17(20(21,22)23)19(18(26)28-2)11-12-5-3-4-6-15(12)16(19)25/h3-10,17,24H,11H2,1-2H3. The number of hydrogen-bond acceptors (Lipinski definition) is 5. The first kappa shape index (κ1) is 19.7. The molecule has 0 radical (unpaired) electrons. The Morgan fingerprint density at radius 2 is 1.75 bits per heavy atom. The maximum absolute atomic E-state index is 14.1. The molecule has 1 aliphatic carbocycles. The number of benzene rings is 2. The molecule has 3 rings (SSSR count). The number of ether oxygens (including phenoxy) is 2. The van der Waals surface area contributed by atoms with E-state index in [4.69, 9.17) is 4.74 Å². The molecule has 2 unspecified atom stereocenters. The van der Waals surface area contributed by atoms with Gasteiger partial charge in [-0.25, -0.2) is 0 Å². The summed E-state index contributed by atoms with van der Waals surface area (Å²) in [5, 5.41) is 2.33. The van der Waals surface area contributed by atoms with E-state index in [2.05, 4.69) is 10.1 Å². The van der Waals surface area contributed by atoms with E-state index in [1.54, 1.807) is 18.2 Å². The fraction of sp³-hybridized carbons (Fsp3) is 0.300. The molecule has 2 aromatic rings. The lowest BCUT2D eigenvalue weighted by molar-refractivity contribution is -0.179. The van der Waals surface area contributed by atoms with Gasteiger partial charge >= 0.3 is 12.1 Å². The summed E-state index contributed by atoms with van der Waals surface area (Å²) in [5.41, 5.74) is -1.88. The van der Waals surface area contributed by atoms with E-state index in [0.717, 1.165) is 7.11 Å². The molecule has 0 heterocycles. The minimum atomic E-state index is -4.90. The van der Waals surface area contributed by atoms with E-state index in [0.29, 0.717) is 11.3 Å². The van der Waals surface area contributed by atoms with E-state index in [-0.39, 0.29) is 11.3 Å². The van der Waals surface area contributed by atoms with E-state index in [9.17, 15) is 22.8 Å². The Labute approximate surface area is 159 Å². The molecule has 0 fully saturated rings. The van der Waals surface area contributed by atoms with Crippen molar-refractivity contribution in [3.63, 3.8) is 0 Å². The third-order valence-electron chi connectivity index (χ3n) is 4.91. The van der Waals surface area contributed by atoms with Gasteiger partial charge in [0.25, 0.3) is 0 Å². The molecule has 2 atom stereocenters. The zero-order valence-electron chi connectivity index (χ0n) is 15.2. The number of Topliss-reactive ketones (excluding diaryl/α,β-unsaturated/α-hetero) is 1. The highest BCUT2D eigenvalue weighted by molar-refractivity contribution is 6.17. The van der Waals surface area contributed by atoms with Crippen LogP contribution < -0.4 is 10.1 Å². The Bertz CT molecular complexity index is 895. The zero-order chi connectivity index (χ0) is 20.5. The maximum Gasteiger partial charge on any atom is 0.410 e. The van der Waals surface area contributed by atoms with Gasteiger partial charge in [0.2, 0.25) is 0 Å². The minimum absolute atomic E-state index is 0.0927. The Balaban J connectivity index is 2.09. The summed E-state index contributed by atoms with van der Waals surface area (Å²) in [4.78, 5) is 25.6. The first-order chi connectivity index (χ1) is 13.2. The normalized spacial score (nSPS) is 19.7. The van der Waals surface area contributed by atoms with Crippen LogP contribution in [0.3, 0.4) is 0 Å². The van der Waals surface area contributed by atoms with Gasteiger partial charge in [0, 0.05) is 11.3 Å². The van der Waals surface area contributed by atoms with E-state index in [1.165, 1.54) is 37.4 Å². The maximum atomic E-state index is 14.1. The van der Waals surface area contributed by atoms with Gasteiger partial charge < -0.3 is 14.8 Å². The average molecular weight is 393 g/mol. The second-order valence-electron chi connectivity index (χ2n) is 6.47. The molecule has 0 bridgehead atoms. The topological polar surface area (TPSA) is 64.6 Å². The van der Waals surface area contributed by atoms with Gasteiger partial charge in [0.1, 0.15) is 11.8 Å². The van der Waals surface area contributed by atoms with Gasteiger partial charge in [-0.2, -0.15) is 13.2 Å². The monoisotopic (exact) mass is 393 g/mol. The molecule has 0 aliphatic heterocycles. The van der Waals surface area contributed by atoms with Crippen LogP contribution in [0.4, 0.5) is 18.9 Å². The fourth-order valence-electron chi connectivity index (χ4n) is 3.55. The number of esters is 1. The van der Waals surface area contributed by atoms with Gasteiger partial charge in [-0.3, -0.25) is 9.59 Å². The van der Waals surface area contributed by atoms with Gasteiger partial charge in [0.05, 0.1) is 14.2 Å². The number of hydrogen-bond donors (Lipinski definition) is 1. The molecule has 1 N–H and O–H groups in total. The van der Waals surface area contributed by atoms with E-state index in [1.807, 2.05) is 0 Å². The van der Waals surface area contributed by atoms with Crippen molar-refractivity contribution in [2.24, 2.45) is 5.41 Å². The summed E-state index contributed by atoms with van der Waals surface area (Å²) in [5.74, 6) is -1.67. The van der Waals surface area contributed by atoms with Crippen molar-refractivity contribution >= 4 is 17.4 Å². The number of carbonyl (C=O) groups is 2. The average Bonchev–Trinajstić information content (AvgIpc) is 2.98. The minimum Gasteiger partial charge on any atom is -0.497 e. The van der Waals surface area contributed by atoms with Crippen LogP contribution >= 0.6 is 0 Å². The molecule has 8 heteroatoms. The molecule has 28 heavy (non-hydrogen) atoms. The summed E-state index contributed by atoms with van der Waals surface area (Å²) in [6.07, 6.45) is -5.30. The molecule has 5 nitrogen and oxygen atoms in total. The molecule has 0 aromatic heterocycles. The lowest BCUT2D eigenvalue weighted by Gasteiger charge is -2.35. The van der Waals surface area contributed by atoms with Crippen molar-refractivity contribution in [1.82, 2.24) is 0 Å². The van der Waals surface area contributed by atoms with Crippen molar-refractivity contribution in [3.05, 3.63) is 59.7 Å². The molecule has 0 spiro atoms. The van der Waals surface area contributed by atoms with Gasteiger partial charge in [-0.1, -0.05) is 24.3 Å². The number of nitrogens with one attached hydrogen (secondary N) is 1. The summed E-state index contributed by atoms with van der Waals surface area (Å²) >= 11 is 0. The van der Waals surface area contributed by atoms with Crippen LogP contribution in [0.2, 0.25) is 0 Å². The summed E-state index contributed by atoms with van der Waals surface area (Å²) < 4.78 is 51.9. The molecule has 1 aliphatic rings. The van der Waals surface area contributed by atoms with Crippen molar-refractivity contribution in [2.45, 2.75) is 18.6 Å². The summed E-state index contributed by atoms with van der Waals surface area (Å²) in [6, 6.07) is 9.37. The van der Waals surface area contributed by atoms with Gasteiger partial charge in [-0.05, 0) is 36.2 Å². The van der Waals surface area contributed by atoms with Crippen molar-refractivity contribution in [3.8, 4) is 5.75 Å². The summed E-state index contributed by atoms with van der Waals surface area (Å²) in [7, 11) is 2.41. The van der Waals surface area contributed by atoms with Crippen LogP contribution in [0.15, 0.2) is 48.5 Å². The van der Waals surface area contributed by atoms with Crippen LogP contribution in [-0.2, 0) is 16.0 Å². The van der Waals surface area contributed by atoms with Crippen molar-refractivity contribution in [2.75, 3.05) is 19.5 Å². The second kappa shape index (κ2) is 7.18. The number of anilines is 1. The van der Waals surface area contributed by atoms with Crippen LogP contribution in [-0.4, -0.2) is 38.2 Å². The van der Waals surface area contributed by atoms with Crippen LogP contribution in [0.1, 0.15) is 15.9 Å². The number of halogens is 3. The molecule has 148 valence electrons. The van der Waals surface area contributed by atoms with Crippen LogP contribution in [0.5, 0.6) is 5.75 Å². The predicted octanol–water partition coefficient (Wildman–Crippen LogP) is 3.64. The number of fused-ring (bicyclic) bond motifs is 1. The largest absolute Gasteiger partial charge is 0.497 e. The highest BCUT2D eigenvalue weighted by Crippen LogP contribution is 2.47. The van der Waals surface area contributed by atoms with Gasteiger partial charge in [-0.15, -0.1) is 0 Å². The molecule has 0 saturated carbocycles. The zero-order valence-corrected chi connectivity index (χ0v) is 15.2. The lowest BCUT2D eigenvalue weighted by Crippen LogP contribution is -2.58. The first-order valence-electron chi connectivity index (χ1n) is 8.42. The Hall–Kier alpha value is -3.03. The number of carbonyl (C=O) groups excluding carboxylic acids is 2. The smallest absolute Gasteiger partial charge is 0.410 e. The van der Waals surface area contributed by atoms with E-state index < -0.39 is 35.8 Å². The van der Waals surface area contributed by atoms with Crippen LogP contribution in [0, 0.1) is 5.41 Å². The third-order valence-corrected chi connectivity index (χ3v) is 4.91. The summed E-state index contributed by atoms with van der Waals surface area (Å²) in [6.45, 7) is 0. The molecule has 0 saturated heterocycles. The van der Waals surface area contributed by atoms with Crippen molar-refractivity contribution in [1.29, 1.82) is 0 Å². The predicted molar refractivity (Wildman–Crippen MR) is 95.4 cm³/mol. The Kier molecular flexibility index (Phi) is 5.06. The highest BCUT2D eigenvalue weighted by Gasteiger charge is 2.65. The van der Waals surface area contributed by atoms with E-state index >= 15 is 0 Å². The number of alkyl halides is 3. The SMILES string of the molecule is COC(=O)C1(C(Nc2ccc(OC)cc2)C(F)(F)F)Cc2ccccc2C1=O. The Morgan fingerprint density at radius 1 is 1.11 bits per heavy atom. The molecule has 2 aromatic carbocycles. The van der Waals surface area contributed by atoms with Crippen LogP contribution in [0.25, 0.3) is 0 Å². The highest BCUT2D eigenvalue weighted by atomic mass is 19.4. The number of ketones is 1. The number of methoxy groups -OCH3 is 2. The second-order valence-corrected chi connectivity index (χ2v) is 6.47. The Morgan fingerprint density at radius 3 is 2.29 bits per heavy atom. The quantitative estimate of drug-likeness (QED) is 0.621. The first-order valence-corrected chi connectivity index (χ1v) is 8.42. The third kappa shape index (κ3) is 3.19. The molecular formula is C20H18F3NO4. The fourth-order valence-corrected chi connectivity index (χ4v) is 3.55. The number of rotatable bonds is 5. The van der Waals surface area contributed by atoms with Gasteiger partial charge in [0.15, 0.2) is 11.2 Å².